The Kier molecular flexibility index (Phi) is 5.92. The van der Waals surface area contributed by atoms with Crippen LogP contribution in [0.2, 0.25) is 0 Å². The highest BCUT2D eigenvalue weighted by Gasteiger charge is 2.23. The van der Waals surface area contributed by atoms with Gasteiger partial charge in [-0.2, -0.15) is 0 Å². The van der Waals surface area contributed by atoms with E-state index in [0.29, 0.717) is 16.9 Å². The molecule has 0 unspecified atom stereocenters. The molecule has 3 rings (SSSR count). The molecule has 1 aromatic heterocycles. The molecule has 0 saturated heterocycles. The number of nitrogens with zero attached hydrogens (tertiary/aromatic N) is 1. The van der Waals surface area contributed by atoms with Gasteiger partial charge in [0.25, 0.3) is 5.91 Å². The Balaban J connectivity index is 2.03. The predicted octanol–water partition coefficient (Wildman–Crippen LogP) is 3.09. The SMILES string of the molecule is COCc1c(C(=O)Nc2cc(S(=O)(=O)N(C)C)ccc2OC)oc2ccccc12. The lowest BCUT2D eigenvalue weighted by molar-refractivity contribution is 0.0991. The molecule has 0 radical (unpaired) electrons. The Labute approximate surface area is 169 Å². The zero-order valence-corrected chi connectivity index (χ0v) is 17.4. The fourth-order valence-corrected chi connectivity index (χ4v) is 3.83. The molecule has 0 fully saturated rings. The number of hydrogen-bond donors (Lipinski definition) is 1. The van der Waals surface area contributed by atoms with E-state index in [2.05, 4.69) is 5.32 Å². The summed E-state index contributed by atoms with van der Waals surface area (Å²) < 4.78 is 42.2. The van der Waals surface area contributed by atoms with Crippen molar-refractivity contribution >= 4 is 32.6 Å². The first kappa shape index (κ1) is 20.8. The number of ether oxygens (including phenoxy) is 2. The summed E-state index contributed by atoms with van der Waals surface area (Å²) in [6.45, 7) is 0.186. The highest BCUT2D eigenvalue weighted by Crippen LogP contribution is 2.31. The quantitative estimate of drug-likeness (QED) is 0.633. The van der Waals surface area contributed by atoms with Crippen LogP contribution in [-0.4, -0.2) is 46.9 Å². The predicted molar refractivity (Wildman–Crippen MR) is 109 cm³/mol. The van der Waals surface area contributed by atoms with Crippen molar-refractivity contribution in [3.8, 4) is 5.75 Å². The summed E-state index contributed by atoms with van der Waals surface area (Å²) >= 11 is 0. The molecule has 0 aliphatic carbocycles. The minimum absolute atomic E-state index is 0.0281. The Hall–Kier alpha value is -2.88. The number of benzene rings is 2. The molecule has 0 bridgehead atoms. The van der Waals surface area contributed by atoms with Crippen LogP contribution in [0.4, 0.5) is 5.69 Å². The molecule has 0 atom stereocenters. The molecule has 1 amide bonds. The van der Waals surface area contributed by atoms with Gasteiger partial charge in [-0.15, -0.1) is 0 Å². The maximum absolute atomic E-state index is 13.0. The summed E-state index contributed by atoms with van der Waals surface area (Å²) in [6.07, 6.45) is 0. The number of furan rings is 1. The number of methoxy groups -OCH3 is 2. The van der Waals surface area contributed by atoms with Crippen molar-refractivity contribution in [2.45, 2.75) is 11.5 Å². The first-order valence-corrected chi connectivity index (χ1v) is 10.1. The normalized spacial score (nSPS) is 11.8. The van der Waals surface area contributed by atoms with E-state index >= 15 is 0 Å². The van der Waals surface area contributed by atoms with Crippen LogP contribution in [0.3, 0.4) is 0 Å². The molecule has 0 aliphatic heterocycles. The van der Waals surface area contributed by atoms with Crippen LogP contribution in [0, 0.1) is 0 Å². The van der Waals surface area contributed by atoms with E-state index in [-0.39, 0.29) is 22.9 Å². The standard InChI is InChI=1S/C20H22N2O6S/c1-22(2)29(24,25)13-9-10-18(27-4)16(11-13)21-20(23)19-15(12-26-3)14-7-5-6-8-17(14)28-19/h5-11H,12H2,1-4H3,(H,21,23). The summed E-state index contributed by atoms with van der Waals surface area (Å²) in [5.41, 5.74) is 1.38. The number of sulfonamides is 1. The van der Waals surface area contributed by atoms with Gasteiger partial charge in [-0.3, -0.25) is 4.79 Å². The maximum Gasteiger partial charge on any atom is 0.291 e. The van der Waals surface area contributed by atoms with Crippen molar-refractivity contribution in [1.82, 2.24) is 4.31 Å². The lowest BCUT2D eigenvalue weighted by atomic mass is 10.1. The van der Waals surface area contributed by atoms with Gasteiger partial charge in [0.2, 0.25) is 10.0 Å². The lowest BCUT2D eigenvalue weighted by Gasteiger charge is -2.15. The third-order valence-corrected chi connectivity index (χ3v) is 6.20. The molecule has 154 valence electrons. The van der Waals surface area contributed by atoms with Crippen molar-refractivity contribution in [1.29, 1.82) is 0 Å². The zero-order chi connectivity index (χ0) is 21.2. The highest BCUT2D eigenvalue weighted by atomic mass is 32.2. The van der Waals surface area contributed by atoms with E-state index in [1.54, 1.807) is 6.07 Å². The van der Waals surface area contributed by atoms with Crippen LogP contribution in [-0.2, 0) is 21.4 Å². The van der Waals surface area contributed by atoms with Gasteiger partial charge in [0.15, 0.2) is 5.76 Å². The van der Waals surface area contributed by atoms with Gasteiger partial charge in [0.05, 0.1) is 24.3 Å². The van der Waals surface area contributed by atoms with E-state index in [9.17, 15) is 13.2 Å². The summed E-state index contributed by atoms with van der Waals surface area (Å²) in [5, 5.41) is 3.47. The molecular formula is C20H22N2O6S. The number of nitrogens with one attached hydrogen (secondary N) is 1. The van der Waals surface area contributed by atoms with Crippen LogP contribution < -0.4 is 10.1 Å². The molecule has 29 heavy (non-hydrogen) atoms. The van der Waals surface area contributed by atoms with E-state index < -0.39 is 15.9 Å². The Morgan fingerprint density at radius 1 is 1.14 bits per heavy atom. The van der Waals surface area contributed by atoms with Gasteiger partial charge in [-0.05, 0) is 24.3 Å². The van der Waals surface area contributed by atoms with Gasteiger partial charge in [-0.1, -0.05) is 18.2 Å². The van der Waals surface area contributed by atoms with Gasteiger partial charge in [0, 0.05) is 32.2 Å². The van der Waals surface area contributed by atoms with Crippen molar-refractivity contribution in [3.63, 3.8) is 0 Å². The minimum Gasteiger partial charge on any atom is -0.495 e. The topological polar surface area (TPSA) is 98.1 Å². The smallest absolute Gasteiger partial charge is 0.291 e. The third-order valence-electron chi connectivity index (χ3n) is 4.39. The number of hydrogen-bond acceptors (Lipinski definition) is 6. The molecular weight excluding hydrogens is 396 g/mol. The van der Waals surface area contributed by atoms with Gasteiger partial charge < -0.3 is 19.2 Å². The van der Waals surface area contributed by atoms with E-state index in [1.165, 1.54) is 46.5 Å². The van der Waals surface area contributed by atoms with Crippen LogP contribution in [0.5, 0.6) is 5.75 Å². The summed E-state index contributed by atoms with van der Waals surface area (Å²) in [4.78, 5) is 13.0. The molecule has 3 aromatic rings. The first-order valence-electron chi connectivity index (χ1n) is 8.71. The van der Waals surface area contributed by atoms with Crippen LogP contribution in [0.25, 0.3) is 11.0 Å². The van der Waals surface area contributed by atoms with Gasteiger partial charge in [-0.25, -0.2) is 12.7 Å². The lowest BCUT2D eigenvalue weighted by Crippen LogP contribution is -2.22. The summed E-state index contributed by atoms with van der Waals surface area (Å²) in [7, 11) is 2.15. The summed E-state index contributed by atoms with van der Waals surface area (Å²) in [6, 6.07) is 11.5. The fourth-order valence-electron chi connectivity index (χ4n) is 2.90. The van der Waals surface area contributed by atoms with Crippen molar-refractivity contribution in [2.24, 2.45) is 0 Å². The zero-order valence-electron chi connectivity index (χ0n) is 16.6. The average molecular weight is 418 g/mol. The van der Waals surface area contributed by atoms with E-state index in [1.807, 2.05) is 18.2 Å². The highest BCUT2D eigenvalue weighted by molar-refractivity contribution is 7.89. The number of anilines is 1. The molecule has 9 heteroatoms. The minimum atomic E-state index is -3.68. The molecule has 0 saturated carbocycles. The molecule has 1 N–H and O–H groups in total. The maximum atomic E-state index is 13.0. The molecule has 1 heterocycles. The largest absolute Gasteiger partial charge is 0.495 e. The van der Waals surface area contributed by atoms with Crippen LogP contribution >= 0.6 is 0 Å². The second kappa shape index (κ2) is 8.24. The Bertz CT molecular complexity index is 1150. The van der Waals surface area contributed by atoms with Gasteiger partial charge in [0.1, 0.15) is 11.3 Å². The number of para-hydroxylation sites is 1. The number of carbonyl (C=O) groups is 1. The van der Waals surface area contributed by atoms with Gasteiger partial charge >= 0.3 is 0 Å². The number of carbonyl (C=O) groups excluding carboxylic acids is 1. The molecule has 2 aromatic carbocycles. The van der Waals surface area contributed by atoms with E-state index in [4.69, 9.17) is 13.9 Å². The van der Waals surface area contributed by atoms with Crippen LogP contribution in [0.1, 0.15) is 16.1 Å². The van der Waals surface area contributed by atoms with Crippen LogP contribution in [0.15, 0.2) is 51.8 Å². The fraction of sp³-hybridized carbons (Fsp3) is 0.250. The Morgan fingerprint density at radius 3 is 2.52 bits per heavy atom. The second-order valence-electron chi connectivity index (χ2n) is 6.44. The number of amides is 1. The van der Waals surface area contributed by atoms with Crippen molar-refractivity contribution < 1.29 is 27.1 Å². The molecule has 0 spiro atoms. The second-order valence-corrected chi connectivity index (χ2v) is 8.59. The average Bonchev–Trinajstić information content (AvgIpc) is 3.07. The monoisotopic (exact) mass is 418 g/mol. The van der Waals surface area contributed by atoms with E-state index in [0.717, 1.165) is 9.69 Å². The van der Waals surface area contributed by atoms with Crippen molar-refractivity contribution in [3.05, 3.63) is 53.8 Å². The third kappa shape index (κ3) is 3.98. The number of fused-ring (bicyclic) bond motifs is 1. The van der Waals surface area contributed by atoms with Crippen molar-refractivity contribution in [2.75, 3.05) is 33.6 Å². The Morgan fingerprint density at radius 2 is 1.86 bits per heavy atom. The molecule has 8 nitrogen and oxygen atoms in total. The molecule has 0 aliphatic rings. The number of rotatable bonds is 7. The first-order chi connectivity index (χ1) is 13.8. The summed E-state index contributed by atoms with van der Waals surface area (Å²) in [5.74, 6) is -0.123.